The van der Waals surface area contributed by atoms with Crippen LogP contribution in [0, 0.1) is 12.7 Å². The summed E-state index contributed by atoms with van der Waals surface area (Å²) in [7, 11) is 0. The van der Waals surface area contributed by atoms with Crippen molar-refractivity contribution in [1.29, 1.82) is 0 Å². The third kappa shape index (κ3) is 2.88. The minimum atomic E-state index is -0.337. The van der Waals surface area contributed by atoms with Crippen LogP contribution in [0.1, 0.15) is 5.56 Å². The second-order valence-electron chi connectivity index (χ2n) is 6.52. The molecule has 1 aliphatic heterocycles. The van der Waals surface area contributed by atoms with Gasteiger partial charge in [-0.15, -0.1) is 5.10 Å². The first kappa shape index (κ1) is 16.5. The SMILES string of the molecule is Cc1cccc(N(CC2=COCO2)c2nc3c4ccc(F)cc4ncn3n2)c1. The summed E-state index contributed by atoms with van der Waals surface area (Å²) in [5.74, 6) is 0.835. The molecule has 2 aromatic carbocycles. The molecule has 0 N–H and O–H groups in total. The van der Waals surface area contributed by atoms with Gasteiger partial charge in [0, 0.05) is 17.1 Å². The van der Waals surface area contributed by atoms with Gasteiger partial charge in [0.25, 0.3) is 5.95 Å². The summed E-state index contributed by atoms with van der Waals surface area (Å²) >= 11 is 0. The Labute approximate surface area is 159 Å². The lowest BCUT2D eigenvalue weighted by molar-refractivity contribution is 0.0800. The number of nitrogens with zero attached hydrogens (tertiary/aromatic N) is 5. The summed E-state index contributed by atoms with van der Waals surface area (Å²) in [5.41, 5.74) is 3.18. The predicted molar refractivity (Wildman–Crippen MR) is 102 cm³/mol. The average Bonchev–Trinajstić information content (AvgIpc) is 3.35. The summed E-state index contributed by atoms with van der Waals surface area (Å²) in [6, 6.07) is 12.5. The molecule has 0 aliphatic carbocycles. The number of ether oxygens (including phenoxy) is 2. The second kappa shape index (κ2) is 6.49. The van der Waals surface area contributed by atoms with Crippen LogP contribution in [0.2, 0.25) is 0 Å². The maximum Gasteiger partial charge on any atom is 0.250 e. The largest absolute Gasteiger partial charge is 0.462 e. The first-order valence-corrected chi connectivity index (χ1v) is 8.76. The van der Waals surface area contributed by atoms with E-state index < -0.39 is 0 Å². The number of hydrogen-bond acceptors (Lipinski definition) is 6. The van der Waals surface area contributed by atoms with Crippen LogP contribution in [-0.2, 0) is 9.47 Å². The predicted octanol–water partition coefficient (Wildman–Crippen LogP) is 3.71. The molecule has 1 aliphatic rings. The van der Waals surface area contributed by atoms with Gasteiger partial charge >= 0.3 is 0 Å². The average molecular weight is 377 g/mol. The lowest BCUT2D eigenvalue weighted by Gasteiger charge is -2.21. The zero-order valence-electron chi connectivity index (χ0n) is 15.0. The highest BCUT2D eigenvalue weighted by Gasteiger charge is 2.20. The molecule has 0 radical (unpaired) electrons. The molecule has 7 nitrogen and oxygen atoms in total. The van der Waals surface area contributed by atoms with Crippen molar-refractivity contribution in [2.24, 2.45) is 0 Å². The first-order valence-electron chi connectivity index (χ1n) is 8.76. The van der Waals surface area contributed by atoms with E-state index >= 15 is 0 Å². The Morgan fingerprint density at radius 2 is 2.14 bits per heavy atom. The van der Waals surface area contributed by atoms with Gasteiger partial charge in [-0.25, -0.2) is 9.37 Å². The van der Waals surface area contributed by atoms with E-state index in [1.807, 2.05) is 36.1 Å². The highest BCUT2D eigenvalue weighted by Crippen LogP contribution is 2.27. The lowest BCUT2D eigenvalue weighted by atomic mass is 10.2. The molecule has 0 unspecified atom stereocenters. The first-order chi connectivity index (χ1) is 13.7. The molecule has 0 fully saturated rings. The van der Waals surface area contributed by atoms with Gasteiger partial charge in [-0.3, -0.25) is 0 Å². The standard InChI is InChI=1S/C20H16FN5O2/c1-13-3-2-4-15(7-13)25(9-16-10-27-12-28-16)20-23-19-17-6-5-14(21)8-18(17)22-11-26(19)24-20/h2-8,10-11H,9,12H2,1H3. The second-order valence-corrected chi connectivity index (χ2v) is 6.52. The minimum absolute atomic E-state index is 0.204. The van der Waals surface area contributed by atoms with Gasteiger partial charge in [-0.1, -0.05) is 12.1 Å². The molecule has 0 saturated heterocycles. The lowest BCUT2D eigenvalue weighted by Crippen LogP contribution is -2.21. The van der Waals surface area contributed by atoms with E-state index in [0.29, 0.717) is 29.4 Å². The minimum Gasteiger partial charge on any atom is -0.462 e. The van der Waals surface area contributed by atoms with Crippen molar-refractivity contribution in [3.8, 4) is 0 Å². The van der Waals surface area contributed by atoms with E-state index in [-0.39, 0.29) is 12.6 Å². The molecule has 0 saturated carbocycles. The number of benzene rings is 2. The number of fused-ring (bicyclic) bond motifs is 3. The molecule has 0 spiro atoms. The van der Waals surface area contributed by atoms with E-state index in [1.54, 1.807) is 16.8 Å². The van der Waals surface area contributed by atoms with E-state index in [0.717, 1.165) is 16.6 Å². The van der Waals surface area contributed by atoms with Gasteiger partial charge < -0.3 is 14.4 Å². The van der Waals surface area contributed by atoms with E-state index in [9.17, 15) is 4.39 Å². The molecule has 8 heteroatoms. The molecule has 140 valence electrons. The molecule has 0 amide bonds. The summed E-state index contributed by atoms with van der Waals surface area (Å²) in [4.78, 5) is 10.9. The van der Waals surface area contributed by atoms with Crippen molar-refractivity contribution in [3.05, 3.63) is 72.2 Å². The van der Waals surface area contributed by atoms with Gasteiger partial charge in [-0.05, 0) is 36.8 Å². The number of rotatable bonds is 4. The summed E-state index contributed by atoms with van der Waals surface area (Å²) in [6.07, 6.45) is 3.13. The Hall–Kier alpha value is -3.68. The van der Waals surface area contributed by atoms with Crippen LogP contribution in [0.15, 0.2) is 60.8 Å². The van der Waals surface area contributed by atoms with Crippen molar-refractivity contribution < 1.29 is 13.9 Å². The molecule has 3 heterocycles. The van der Waals surface area contributed by atoms with Gasteiger partial charge in [-0.2, -0.15) is 9.50 Å². The van der Waals surface area contributed by atoms with Gasteiger partial charge in [0.05, 0.1) is 12.1 Å². The van der Waals surface area contributed by atoms with Crippen molar-refractivity contribution in [3.63, 3.8) is 0 Å². The van der Waals surface area contributed by atoms with Crippen LogP contribution in [0.5, 0.6) is 0 Å². The Balaban J connectivity index is 1.65. The van der Waals surface area contributed by atoms with Crippen LogP contribution >= 0.6 is 0 Å². The molecule has 28 heavy (non-hydrogen) atoms. The molecular weight excluding hydrogens is 361 g/mol. The zero-order chi connectivity index (χ0) is 19.1. The zero-order valence-corrected chi connectivity index (χ0v) is 15.0. The topological polar surface area (TPSA) is 64.8 Å². The fourth-order valence-electron chi connectivity index (χ4n) is 3.19. The third-order valence-electron chi connectivity index (χ3n) is 4.52. The van der Waals surface area contributed by atoms with E-state index in [2.05, 4.69) is 10.1 Å². The fraction of sp³-hybridized carbons (Fsp3) is 0.150. The van der Waals surface area contributed by atoms with Crippen molar-refractivity contribution in [1.82, 2.24) is 19.6 Å². The quantitative estimate of drug-likeness (QED) is 0.540. The van der Waals surface area contributed by atoms with Gasteiger partial charge in [0.1, 0.15) is 18.4 Å². The smallest absolute Gasteiger partial charge is 0.250 e. The van der Waals surface area contributed by atoms with Crippen LogP contribution in [0.3, 0.4) is 0 Å². The van der Waals surface area contributed by atoms with Crippen LogP contribution in [0.4, 0.5) is 16.0 Å². The van der Waals surface area contributed by atoms with E-state index in [1.165, 1.54) is 18.5 Å². The summed E-state index contributed by atoms with van der Waals surface area (Å²) in [5, 5.41) is 5.31. The number of aromatic nitrogens is 4. The molecule has 5 rings (SSSR count). The maximum absolute atomic E-state index is 13.5. The van der Waals surface area contributed by atoms with Crippen molar-refractivity contribution in [2.45, 2.75) is 6.92 Å². The monoisotopic (exact) mass is 377 g/mol. The molecule has 0 atom stereocenters. The number of anilines is 2. The van der Waals surface area contributed by atoms with E-state index in [4.69, 9.17) is 14.5 Å². The van der Waals surface area contributed by atoms with Gasteiger partial charge in [0.15, 0.2) is 11.4 Å². The van der Waals surface area contributed by atoms with Crippen LogP contribution in [-0.4, -0.2) is 32.9 Å². The van der Waals surface area contributed by atoms with Gasteiger partial charge in [0.2, 0.25) is 6.79 Å². The van der Waals surface area contributed by atoms with Crippen LogP contribution in [0.25, 0.3) is 16.6 Å². The molecule has 4 aromatic rings. The molecule has 2 aromatic heterocycles. The molecule has 0 bridgehead atoms. The Morgan fingerprint density at radius 1 is 1.21 bits per heavy atom. The Bertz CT molecular complexity index is 1220. The third-order valence-corrected chi connectivity index (χ3v) is 4.52. The highest BCUT2D eigenvalue weighted by atomic mass is 19.1. The van der Waals surface area contributed by atoms with Crippen molar-refractivity contribution >= 4 is 28.2 Å². The summed E-state index contributed by atoms with van der Waals surface area (Å²) in [6.45, 7) is 2.65. The van der Waals surface area contributed by atoms with Crippen molar-refractivity contribution in [2.75, 3.05) is 18.2 Å². The normalized spacial score (nSPS) is 13.4. The number of hydrogen-bond donors (Lipinski definition) is 0. The Morgan fingerprint density at radius 3 is 2.96 bits per heavy atom. The number of aryl methyl sites for hydroxylation is 1. The highest BCUT2D eigenvalue weighted by molar-refractivity contribution is 5.91. The fourth-order valence-corrected chi connectivity index (χ4v) is 3.19. The Kier molecular flexibility index (Phi) is 3.82. The van der Waals surface area contributed by atoms with Crippen LogP contribution < -0.4 is 4.90 Å². The maximum atomic E-state index is 13.5. The summed E-state index contributed by atoms with van der Waals surface area (Å²) < 4.78 is 25.8. The number of halogens is 1. The molecular formula is C20H16FN5O2.